The summed E-state index contributed by atoms with van der Waals surface area (Å²) >= 11 is -0.575. The average molecular weight is 419 g/mol. The average Bonchev–Trinajstić information content (AvgIpc) is 3.22. The van der Waals surface area contributed by atoms with Crippen LogP contribution >= 0.6 is 11.3 Å². The molecule has 0 aliphatic carbocycles. The summed E-state index contributed by atoms with van der Waals surface area (Å²) in [6.45, 7) is 0. The van der Waals surface area contributed by atoms with Gasteiger partial charge in [-0.1, -0.05) is 18.2 Å². The molecule has 0 bridgehead atoms. The first-order chi connectivity index (χ1) is 13.4. The van der Waals surface area contributed by atoms with Crippen molar-refractivity contribution in [1.29, 1.82) is 0 Å². The van der Waals surface area contributed by atoms with E-state index >= 15 is 0 Å². The molecule has 28 heavy (non-hydrogen) atoms. The molecule has 142 valence electrons. The van der Waals surface area contributed by atoms with Crippen LogP contribution in [0.15, 0.2) is 65.3 Å². The molecule has 1 aromatic carbocycles. The molecule has 0 N–H and O–H groups in total. The summed E-state index contributed by atoms with van der Waals surface area (Å²) in [7, 11) is 0. The molecular weight excluding hydrogens is 407 g/mol. The molecule has 0 aliphatic rings. The Balaban J connectivity index is 1.69. The minimum atomic E-state index is -4.65. The smallest absolute Gasteiger partial charge is 0.433 e. The van der Waals surface area contributed by atoms with E-state index in [9.17, 15) is 17.7 Å². The number of halogens is 3. The first-order valence-electron chi connectivity index (χ1n) is 8.12. The van der Waals surface area contributed by atoms with E-state index in [1.54, 1.807) is 41.9 Å². The van der Waals surface area contributed by atoms with Crippen molar-refractivity contribution in [3.8, 4) is 10.6 Å². The lowest BCUT2D eigenvalue weighted by molar-refractivity contribution is -0.141. The van der Waals surface area contributed by atoms with Gasteiger partial charge in [0.25, 0.3) is 0 Å². The van der Waals surface area contributed by atoms with Crippen molar-refractivity contribution in [1.82, 2.24) is 15.0 Å². The van der Waals surface area contributed by atoms with E-state index in [4.69, 9.17) is 0 Å². The van der Waals surface area contributed by atoms with Crippen molar-refractivity contribution >= 4 is 33.4 Å². The van der Waals surface area contributed by atoms with Gasteiger partial charge >= 0.3 is 11.3 Å². The number of thiophene rings is 1. The fraction of sp³-hybridized carbons (Fsp3) is 0.105. The molecule has 1 atom stereocenters. The predicted molar refractivity (Wildman–Crippen MR) is 102 cm³/mol. The molecule has 4 rings (SSSR count). The molecule has 4 nitrogen and oxygen atoms in total. The monoisotopic (exact) mass is 419 g/mol. The Labute approximate surface area is 165 Å². The van der Waals surface area contributed by atoms with Crippen LogP contribution in [0.4, 0.5) is 13.2 Å². The summed E-state index contributed by atoms with van der Waals surface area (Å²) < 4.78 is 52.5. The third-order valence-electron chi connectivity index (χ3n) is 3.94. The maximum Gasteiger partial charge on any atom is 0.433 e. The first-order valence-corrected chi connectivity index (χ1v) is 10.3. The van der Waals surface area contributed by atoms with Crippen molar-refractivity contribution < 1.29 is 17.7 Å². The van der Waals surface area contributed by atoms with E-state index in [1.165, 1.54) is 11.3 Å². The van der Waals surface area contributed by atoms with Gasteiger partial charge < -0.3 is 4.55 Å². The summed E-state index contributed by atoms with van der Waals surface area (Å²) in [6.07, 6.45) is -2.98. The van der Waals surface area contributed by atoms with Crippen LogP contribution in [-0.4, -0.2) is 19.5 Å². The van der Waals surface area contributed by atoms with E-state index < -0.39 is 23.0 Å². The Morgan fingerprint density at radius 1 is 1.04 bits per heavy atom. The number of fused-ring (bicyclic) bond motifs is 1. The van der Waals surface area contributed by atoms with Gasteiger partial charge in [0.05, 0.1) is 16.1 Å². The lowest BCUT2D eigenvalue weighted by Gasteiger charge is -2.12. The highest BCUT2D eigenvalue weighted by Crippen LogP contribution is 2.32. The molecule has 1 unspecified atom stereocenters. The highest BCUT2D eigenvalue weighted by molar-refractivity contribution is 7.90. The summed E-state index contributed by atoms with van der Waals surface area (Å²) in [5, 5.41) is 2.27. The molecule has 0 aliphatic heterocycles. The van der Waals surface area contributed by atoms with Crippen molar-refractivity contribution in [3.05, 3.63) is 71.4 Å². The highest BCUT2D eigenvalue weighted by Gasteiger charge is 2.35. The van der Waals surface area contributed by atoms with Crippen LogP contribution in [0, 0.1) is 0 Å². The number of pyridine rings is 1. The largest absolute Gasteiger partial charge is 0.609 e. The zero-order chi connectivity index (χ0) is 19.7. The van der Waals surface area contributed by atoms with Crippen LogP contribution < -0.4 is 0 Å². The molecule has 4 aromatic rings. The first kappa shape index (κ1) is 18.9. The number of hydrogen-bond acceptors (Lipinski definition) is 5. The third-order valence-corrected chi connectivity index (χ3v) is 6.02. The lowest BCUT2D eigenvalue weighted by atomic mass is 10.1. The summed E-state index contributed by atoms with van der Waals surface area (Å²) in [4.78, 5) is 12.4. The second kappa shape index (κ2) is 7.50. The molecule has 0 saturated heterocycles. The van der Waals surface area contributed by atoms with Crippen LogP contribution in [0.3, 0.4) is 0 Å². The molecule has 0 fully saturated rings. The second-order valence-electron chi connectivity index (χ2n) is 5.92. The predicted octanol–water partition coefficient (Wildman–Crippen LogP) is 5.08. The van der Waals surface area contributed by atoms with Crippen LogP contribution in [0.5, 0.6) is 0 Å². The zero-order valence-electron chi connectivity index (χ0n) is 14.2. The SMILES string of the molecule is [O-][S+](Cc1ccc2ncccc2c1)c1nc(-c2cccs2)cc(C(F)(F)F)n1. The number of nitrogens with zero attached hydrogens (tertiary/aromatic N) is 3. The van der Waals surface area contributed by atoms with Gasteiger partial charge in [-0.15, -0.1) is 11.3 Å². The maximum atomic E-state index is 13.3. The van der Waals surface area contributed by atoms with E-state index in [0.29, 0.717) is 10.4 Å². The number of benzene rings is 1. The Bertz CT molecular complexity index is 1120. The minimum absolute atomic E-state index is 0.00995. The van der Waals surface area contributed by atoms with Crippen molar-refractivity contribution in [3.63, 3.8) is 0 Å². The number of alkyl halides is 3. The highest BCUT2D eigenvalue weighted by atomic mass is 32.2. The van der Waals surface area contributed by atoms with E-state index in [-0.39, 0.29) is 16.6 Å². The van der Waals surface area contributed by atoms with Gasteiger partial charge in [0.1, 0.15) is 5.75 Å². The van der Waals surface area contributed by atoms with Crippen LogP contribution in [0.1, 0.15) is 11.3 Å². The molecule has 9 heteroatoms. The molecule has 0 saturated carbocycles. The van der Waals surface area contributed by atoms with Crippen molar-refractivity contribution in [2.75, 3.05) is 0 Å². The summed E-state index contributed by atoms with van der Waals surface area (Å²) in [5.74, 6) is 0.00995. The van der Waals surface area contributed by atoms with Gasteiger partial charge in [-0.2, -0.15) is 23.1 Å². The van der Waals surface area contributed by atoms with E-state index in [0.717, 1.165) is 17.0 Å². The Kier molecular flexibility index (Phi) is 5.05. The van der Waals surface area contributed by atoms with Crippen LogP contribution in [0.2, 0.25) is 0 Å². The normalized spacial score (nSPS) is 13.0. The van der Waals surface area contributed by atoms with Gasteiger partial charge in [-0.3, -0.25) is 4.98 Å². The fourth-order valence-corrected chi connectivity index (χ4v) is 4.35. The van der Waals surface area contributed by atoms with Gasteiger partial charge in [0, 0.05) is 28.3 Å². The van der Waals surface area contributed by atoms with Crippen LogP contribution in [0.25, 0.3) is 21.5 Å². The molecule has 0 amide bonds. The van der Waals surface area contributed by atoms with Crippen LogP contribution in [-0.2, 0) is 23.1 Å². The minimum Gasteiger partial charge on any atom is -0.609 e. The number of aromatic nitrogens is 3. The second-order valence-corrected chi connectivity index (χ2v) is 8.21. The maximum absolute atomic E-state index is 13.3. The Morgan fingerprint density at radius 3 is 2.64 bits per heavy atom. The third kappa shape index (κ3) is 4.01. The van der Waals surface area contributed by atoms with Crippen molar-refractivity contribution in [2.45, 2.75) is 17.1 Å². The molecule has 0 spiro atoms. The number of rotatable bonds is 4. The van der Waals surface area contributed by atoms with Gasteiger partial charge in [0.15, 0.2) is 5.69 Å². The standard InChI is InChI=1S/C19H12F3N3OS2/c20-19(21,22)17-10-15(16-4-2-8-27-16)24-18(25-17)28(26)11-12-5-6-14-13(9-12)3-1-7-23-14/h1-10H,11H2. The molecule has 3 aromatic heterocycles. The topological polar surface area (TPSA) is 61.7 Å². The molecular formula is C19H12F3N3OS2. The van der Waals surface area contributed by atoms with Gasteiger partial charge in [0.2, 0.25) is 0 Å². The summed E-state index contributed by atoms with van der Waals surface area (Å²) in [6, 6.07) is 13.3. The Morgan fingerprint density at radius 2 is 1.89 bits per heavy atom. The Hall–Kier alpha value is -2.49. The fourth-order valence-electron chi connectivity index (χ4n) is 2.65. The molecule has 3 heterocycles. The summed E-state index contributed by atoms with van der Waals surface area (Å²) in [5.41, 5.74) is 0.505. The lowest BCUT2D eigenvalue weighted by Crippen LogP contribution is -2.16. The van der Waals surface area contributed by atoms with E-state index in [1.807, 2.05) is 12.1 Å². The van der Waals surface area contributed by atoms with Gasteiger partial charge in [-0.25, -0.2) is 0 Å². The zero-order valence-corrected chi connectivity index (χ0v) is 15.8. The van der Waals surface area contributed by atoms with Crippen molar-refractivity contribution in [2.24, 2.45) is 0 Å². The number of hydrogen-bond donors (Lipinski definition) is 0. The van der Waals surface area contributed by atoms with Gasteiger partial charge in [-0.05, 0) is 35.7 Å². The molecule has 0 radical (unpaired) electrons. The van der Waals surface area contributed by atoms with E-state index in [2.05, 4.69) is 15.0 Å². The quantitative estimate of drug-likeness (QED) is 0.342.